The van der Waals surface area contributed by atoms with Crippen LogP contribution < -0.4 is 0 Å². The topological polar surface area (TPSA) is 46.5 Å². The summed E-state index contributed by atoms with van der Waals surface area (Å²) in [5, 5.41) is 9.11. The van der Waals surface area contributed by atoms with Gasteiger partial charge in [-0.05, 0) is 19.3 Å². The lowest BCUT2D eigenvalue weighted by Crippen LogP contribution is -2.36. The Bertz CT molecular complexity index is 168. The predicted octanol–water partition coefficient (Wildman–Crippen LogP) is 2.16. The summed E-state index contributed by atoms with van der Waals surface area (Å²) in [6, 6.07) is 0. The van der Waals surface area contributed by atoms with E-state index in [1.54, 1.807) is 14.0 Å². The van der Waals surface area contributed by atoms with E-state index in [-0.39, 0.29) is 5.92 Å². The zero-order chi connectivity index (χ0) is 10.5. The molecule has 0 aromatic rings. The minimum atomic E-state index is -0.723. The predicted molar refractivity (Wildman–Crippen MR) is 51.7 cm³/mol. The van der Waals surface area contributed by atoms with Crippen LogP contribution in [0.3, 0.4) is 0 Å². The molecule has 13 heavy (non-hydrogen) atoms. The van der Waals surface area contributed by atoms with Crippen LogP contribution in [-0.2, 0) is 9.53 Å². The van der Waals surface area contributed by atoms with Crippen molar-refractivity contribution in [2.45, 2.75) is 33.6 Å². The van der Waals surface area contributed by atoms with E-state index in [0.29, 0.717) is 13.0 Å². The second-order valence-electron chi connectivity index (χ2n) is 3.83. The lowest BCUT2D eigenvalue weighted by molar-refractivity contribution is -0.152. The van der Waals surface area contributed by atoms with Crippen molar-refractivity contribution >= 4 is 5.97 Å². The molecule has 0 aromatic heterocycles. The number of carboxylic acid groups (broad SMARTS) is 1. The van der Waals surface area contributed by atoms with Crippen molar-refractivity contribution < 1.29 is 14.6 Å². The maximum atomic E-state index is 11.1. The highest BCUT2D eigenvalue weighted by atomic mass is 16.5. The Kier molecular flexibility index (Phi) is 4.99. The molecule has 0 bridgehead atoms. The minimum Gasteiger partial charge on any atom is -0.481 e. The molecule has 0 saturated heterocycles. The average molecular weight is 188 g/mol. The molecule has 0 fully saturated rings. The number of carbonyl (C=O) groups is 1. The van der Waals surface area contributed by atoms with Gasteiger partial charge in [0, 0.05) is 13.7 Å². The first-order valence-electron chi connectivity index (χ1n) is 4.71. The van der Waals surface area contributed by atoms with Crippen LogP contribution in [0.5, 0.6) is 0 Å². The van der Waals surface area contributed by atoms with Crippen LogP contribution in [0.4, 0.5) is 0 Å². The highest BCUT2D eigenvalue weighted by molar-refractivity contribution is 5.74. The van der Waals surface area contributed by atoms with Gasteiger partial charge in [-0.1, -0.05) is 20.3 Å². The van der Waals surface area contributed by atoms with Crippen molar-refractivity contribution in [3.05, 3.63) is 0 Å². The Labute approximate surface area is 80.1 Å². The molecule has 0 spiro atoms. The summed E-state index contributed by atoms with van der Waals surface area (Å²) in [5.41, 5.74) is -0.648. The molecule has 0 saturated carbocycles. The smallest absolute Gasteiger partial charge is 0.309 e. The van der Waals surface area contributed by atoms with Crippen molar-refractivity contribution in [2.24, 2.45) is 11.3 Å². The standard InChI is InChI=1S/C10H20O3/c1-5-6-10(3,9(11)12)8(2)7-13-4/h8H,5-7H2,1-4H3,(H,11,12). The summed E-state index contributed by atoms with van der Waals surface area (Å²) in [5.74, 6) is -0.672. The summed E-state index contributed by atoms with van der Waals surface area (Å²) < 4.78 is 4.98. The third-order valence-corrected chi connectivity index (χ3v) is 2.76. The second-order valence-corrected chi connectivity index (χ2v) is 3.83. The molecule has 78 valence electrons. The van der Waals surface area contributed by atoms with Crippen molar-refractivity contribution in [1.29, 1.82) is 0 Å². The van der Waals surface area contributed by atoms with Gasteiger partial charge in [0.15, 0.2) is 0 Å². The lowest BCUT2D eigenvalue weighted by atomic mass is 9.75. The van der Waals surface area contributed by atoms with E-state index in [9.17, 15) is 4.79 Å². The Morgan fingerprint density at radius 3 is 2.46 bits per heavy atom. The van der Waals surface area contributed by atoms with E-state index in [4.69, 9.17) is 9.84 Å². The molecule has 0 aliphatic heterocycles. The molecule has 3 nitrogen and oxygen atoms in total. The Balaban J connectivity index is 4.47. The SMILES string of the molecule is CCCC(C)(C(=O)O)C(C)COC. The number of ether oxygens (including phenoxy) is 1. The van der Waals surface area contributed by atoms with E-state index >= 15 is 0 Å². The number of hydrogen-bond acceptors (Lipinski definition) is 2. The van der Waals surface area contributed by atoms with Crippen molar-refractivity contribution in [3.8, 4) is 0 Å². The molecule has 2 unspecified atom stereocenters. The van der Waals surface area contributed by atoms with Crippen LogP contribution in [0.1, 0.15) is 33.6 Å². The van der Waals surface area contributed by atoms with Crippen LogP contribution in [0.2, 0.25) is 0 Å². The van der Waals surface area contributed by atoms with Crippen LogP contribution in [0, 0.1) is 11.3 Å². The largest absolute Gasteiger partial charge is 0.481 e. The van der Waals surface area contributed by atoms with Gasteiger partial charge in [0.1, 0.15) is 0 Å². The van der Waals surface area contributed by atoms with Gasteiger partial charge in [0.25, 0.3) is 0 Å². The number of rotatable bonds is 6. The molecule has 0 heterocycles. The van der Waals surface area contributed by atoms with Crippen LogP contribution >= 0.6 is 0 Å². The molecule has 2 atom stereocenters. The van der Waals surface area contributed by atoms with Crippen molar-refractivity contribution in [2.75, 3.05) is 13.7 Å². The molecular weight excluding hydrogens is 168 g/mol. The lowest BCUT2D eigenvalue weighted by Gasteiger charge is -2.30. The number of carboxylic acids is 1. The maximum absolute atomic E-state index is 11.1. The molecule has 0 aliphatic rings. The Morgan fingerprint density at radius 2 is 2.15 bits per heavy atom. The number of aliphatic carboxylic acids is 1. The van der Waals surface area contributed by atoms with Gasteiger partial charge < -0.3 is 9.84 Å². The first kappa shape index (κ1) is 12.4. The van der Waals surface area contributed by atoms with Gasteiger partial charge in [0.05, 0.1) is 5.41 Å². The van der Waals surface area contributed by atoms with E-state index < -0.39 is 11.4 Å². The summed E-state index contributed by atoms with van der Waals surface area (Å²) in [6.07, 6.45) is 1.59. The summed E-state index contributed by atoms with van der Waals surface area (Å²) in [7, 11) is 1.60. The van der Waals surface area contributed by atoms with Gasteiger partial charge in [-0.2, -0.15) is 0 Å². The summed E-state index contributed by atoms with van der Waals surface area (Å²) in [4.78, 5) is 11.1. The third kappa shape index (κ3) is 2.99. The van der Waals surface area contributed by atoms with E-state index in [1.807, 2.05) is 13.8 Å². The van der Waals surface area contributed by atoms with Crippen molar-refractivity contribution in [1.82, 2.24) is 0 Å². The Hall–Kier alpha value is -0.570. The van der Waals surface area contributed by atoms with Gasteiger partial charge in [0.2, 0.25) is 0 Å². The first-order valence-corrected chi connectivity index (χ1v) is 4.71. The van der Waals surface area contributed by atoms with Crippen LogP contribution in [0.25, 0.3) is 0 Å². The molecule has 1 N–H and O–H groups in total. The molecule has 0 rings (SSSR count). The fourth-order valence-electron chi connectivity index (χ4n) is 1.52. The molecule has 0 radical (unpaired) electrons. The zero-order valence-electron chi connectivity index (χ0n) is 8.96. The second kappa shape index (κ2) is 5.22. The fraction of sp³-hybridized carbons (Fsp3) is 0.900. The van der Waals surface area contributed by atoms with Crippen molar-refractivity contribution in [3.63, 3.8) is 0 Å². The normalized spacial score (nSPS) is 17.8. The van der Waals surface area contributed by atoms with E-state index in [1.165, 1.54) is 0 Å². The maximum Gasteiger partial charge on any atom is 0.309 e. The molecule has 0 aliphatic carbocycles. The molecule has 0 aromatic carbocycles. The Morgan fingerprint density at radius 1 is 1.62 bits per heavy atom. The van der Waals surface area contributed by atoms with Crippen LogP contribution in [0.15, 0.2) is 0 Å². The third-order valence-electron chi connectivity index (χ3n) is 2.76. The van der Waals surface area contributed by atoms with Gasteiger partial charge in [-0.3, -0.25) is 4.79 Å². The molecule has 0 amide bonds. The quantitative estimate of drug-likeness (QED) is 0.694. The van der Waals surface area contributed by atoms with Gasteiger partial charge in [-0.15, -0.1) is 0 Å². The highest BCUT2D eigenvalue weighted by Gasteiger charge is 2.37. The fourth-order valence-corrected chi connectivity index (χ4v) is 1.52. The first-order chi connectivity index (χ1) is 5.99. The highest BCUT2D eigenvalue weighted by Crippen LogP contribution is 2.32. The van der Waals surface area contributed by atoms with Gasteiger partial charge in [-0.25, -0.2) is 0 Å². The zero-order valence-corrected chi connectivity index (χ0v) is 8.96. The number of methoxy groups -OCH3 is 1. The van der Waals surface area contributed by atoms with E-state index in [0.717, 1.165) is 6.42 Å². The average Bonchev–Trinajstić information content (AvgIpc) is 2.04. The number of hydrogen-bond donors (Lipinski definition) is 1. The molecular formula is C10H20O3. The summed E-state index contributed by atoms with van der Waals surface area (Å²) in [6.45, 7) is 6.22. The monoisotopic (exact) mass is 188 g/mol. The molecule has 3 heteroatoms. The summed E-state index contributed by atoms with van der Waals surface area (Å²) >= 11 is 0. The minimum absolute atomic E-state index is 0.0509. The van der Waals surface area contributed by atoms with E-state index in [2.05, 4.69) is 0 Å². The van der Waals surface area contributed by atoms with Crippen LogP contribution in [-0.4, -0.2) is 24.8 Å². The van der Waals surface area contributed by atoms with Gasteiger partial charge >= 0.3 is 5.97 Å².